The minimum atomic E-state index is -0.452. The summed E-state index contributed by atoms with van der Waals surface area (Å²) < 4.78 is 0.670. The number of nitrogens with zero attached hydrogens (tertiary/aromatic N) is 4. The monoisotopic (exact) mass is 498 g/mol. The van der Waals surface area contributed by atoms with Gasteiger partial charge >= 0.3 is 0 Å². The molecule has 1 atom stereocenters. The molecule has 12 heteroatoms. The predicted octanol–water partition coefficient (Wildman–Crippen LogP) is 5.74. The van der Waals surface area contributed by atoms with E-state index in [0.717, 1.165) is 5.69 Å². The quantitative estimate of drug-likeness (QED) is 0.179. The van der Waals surface area contributed by atoms with E-state index in [9.17, 15) is 14.9 Å². The van der Waals surface area contributed by atoms with E-state index in [-0.39, 0.29) is 11.6 Å². The minimum Gasteiger partial charge on any atom is -0.330 e. The fourth-order valence-electron chi connectivity index (χ4n) is 2.72. The topological polar surface area (TPSA) is 123 Å². The maximum Gasteiger partial charge on any atom is 0.270 e. The summed E-state index contributed by atoms with van der Waals surface area (Å²) in [5.74, 6) is -0.219. The van der Waals surface area contributed by atoms with E-state index < -0.39 is 10.2 Å². The number of rotatable bonds is 8. The van der Waals surface area contributed by atoms with Crippen LogP contribution in [0.1, 0.15) is 12.5 Å². The van der Waals surface area contributed by atoms with Crippen LogP contribution in [0.15, 0.2) is 58.3 Å². The van der Waals surface area contributed by atoms with Crippen molar-refractivity contribution in [1.29, 1.82) is 0 Å². The highest BCUT2D eigenvalue weighted by molar-refractivity contribution is 8.02. The first-order chi connectivity index (χ1) is 15.9. The highest BCUT2D eigenvalue weighted by Crippen LogP contribution is 2.32. The lowest BCUT2D eigenvalue weighted by Crippen LogP contribution is -2.22. The predicted molar refractivity (Wildman–Crippen MR) is 133 cm³/mol. The van der Waals surface area contributed by atoms with Gasteiger partial charge in [0.2, 0.25) is 11.0 Å². The molecule has 2 N–H and O–H groups in total. The Morgan fingerprint density at radius 1 is 1.15 bits per heavy atom. The van der Waals surface area contributed by atoms with Gasteiger partial charge in [0, 0.05) is 28.8 Å². The standard InChI is InChI=1S/C21H18N6O3S3/c1-12-6-8-15(9-7-12)22-20-25-26-21(33-20)32-13(2)18(28)24-19-23-17(11-31-19)14-4-3-5-16(10-14)27(29)30/h3-11,13H,1-2H3,(H,22,25)(H,23,24,28)/t13-/m0/s1. The summed E-state index contributed by atoms with van der Waals surface area (Å²) in [6, 6.07) is 14.2. The molecule has 4 aromatic rings. The zero-order chi connectivity index (χ0) is 23.4. The Morgan fingerprint density at radius 2 is 1.94 bits per heavy atom. The third kappa shape index (κ3) is 5.92. The van der Waals surface area contributed by atoms with Crippen LogP contribution in [0.5, 0.6) is 0 Å². The molecule has 9 nitrogen and oxygen atoms in total. The Labute approximate surface area is 201 Å². The van der Waals surface area contributed by atoms with Gasteiger partial charge in [-0.25, -0.2) is 4.98 Å². The third-order valence-corrected chi connectivity index (χ3v) is 7.22. The molecule has 0 aliphatic rings. The van der Waals surface area contributed by atoms with Gasteiger partial charge in [-0.2, -0.15) is 0 Å². The number of aromatic nitrogens is 3. The van der Waals surface area contributed by atoms with Crippen LogP contribution in [-0.2, 0) is 4.79 Å². The molecule has 2 aromatic carbocycles. The number of carbonyl (C=O) groups is 1. The summed E-state index contributed by atoms with van der Waals surface area (Å²) in [5, 5.41) is 27.7. The molecule has 0 aliphatic heterocycles. The summed E-state index contributed by atoms with van der Waals surface area (Å²) >= 11 is 3.94. The van der Waals surface area contributed by atoms with Gasteiger partial charge in [-0.05, 0) is 26.0 Å². The summed E-state index contributed by atoms with van der Waals surface area (Å²) in [5.41, 5.74) is 3.26. The van der Waals surface area contributed by atoms with Crippen molar-refractivity contribution in [1.82, 2.24) is 15.2 Å². The third-order valence-electron chi connectivity index (χ3n) is 4.44. The van der Waals surface area contributed by atoms with E-state index in [0.29, 0.717) is 25.9 Å². The summed E-state index contributed by atoms with van der Waals surface area (Å²) in [7, 11) is 0. The van der Waals surface area contributed by atoms with E-state index in [1.54, 1.807) is 24.4 Å². The second-order valence-corrected chi connectivity index (χ2v) is 10.4. The largest absolute Gasteiger partial charge is 0.330 e. The Morgan fingerprint density at radius 3 is 2.70 bits per heavy atom. The summed E-state index contributed by atoms with van der Waals surface area (Å²) in [6.07, 6.45) is 0. The molecular formula is C21H18N6O3S3. The van der Waals surface area contributed by atoms with Crippen molar-refractivity contribution in [2.24, 2.45) is 0 Å². The van der Waals surface area contributed by atoms with Crippen molar-refractivity contribution in [2.45, 2.75) is 23.4 Å². The number of aryl methyl sites for hydroxylation is 1. The molecule has 0 saturated heterocycles. The van der Waals surface area contributed by atoms with Crippen molar-refractivity contribution < 1.29 is 9.72 Å². The van der Waals surface area contributed by atoms with Crippen LogP contribution in [0.2, 0.25) is 0 Å². The smallest absolute Gasteiger partial charge is 0.270 e. The van der Waals surface area contributed by atoms with Gasteiger partial charge in [0.05, 0.1) is 15.9 Å². The number of benzene rings is 2. The van der Waals surface area contributed by atoms with E-state index in [1.165, 1.54) is 52.1 Å². The van der Waals surface area contributed by atoms with Crippen LogP contribution in [0, 0.1) is 17.0 Å². The number of carbonyl (C=O) groups excluding carboxylic acids is 1. The molecule has 2 aromatic heterocycles. The Hall–Kier alpha value is -3.35. The molecule has 1 amide bonds. The molecule has 0 aliphatic carbocycles. The van der Waals surface area contributed by atoms with Crippen molar-refractivity contribution in [3.8, 4) is 11.3 Å². The van der Waals surface area contributed by atoms with Crippen LogP contribution in [0.4, 0.5) is 21.6 Å². The van der Waals surface area contributed by atoms with Crippen molar-refractivity contribution >= 4 is 62.0 Å². The lowest BCUT2D eigenvalue weighted by Gasteiger charge is -2.07. The maximum absolute atomic E-state index is 12.6. The van der Waals surface area contributed by atoms with Crippen LogP contribution < -0.4 is 10.6 Å². The van der Waals surface area contributed by atoms with Crippen LogP contribution >= 0.6 is 34.4 Å². The molecule has 0 radical (unpaired) electrons. The van der Waals surface area contributed by atoms with E-state index in [1.807, 2.05) is 31.2 Å². The second kappa shape index (κ2) is 10.1. The van der Waals surface area contributed by atoms with Crippen LogP contribution in [0.3, 0.4) is 0 Å². The number of nitrogens with one attached hydrogen (secondary N) is 2. The number of thiazole rings is 1. The summed E-state index contributed by atoms with van der Waals surface area (Å²) in [4.78, 5) is 27.5. The number of nitro groups is 1. The van der Waals surface area contributed by atoms with E-state index in [4.69, 9.17) is 0 Å². The first-order valence-corrected chi connectivity index (χ1v) is 12.3. The number of amides is 1. The van der Waals surface area contributed by atoms with E-state index >= 15 is 0 Å². The molecule has 2 heterocycles. The molecule has 4 rings (SSSR count). The molecular weight excluding hydrogens is 480 g/mol. The van der Waals surface area contributed by atoms with Gasteiger partial charge in [0.15, 0.2) is 9.47 Å². The molecule has 33 heavy (non-hydrogen) atoms. The van der Waals surface area contributed by atoms with Gasteiger partial charge in [-0.1, -0.05) is 52.9 Å². The van der Waals surface area contributed by atoms with Crippen molar-refractivity contribution in [3.63, 3.8) is 0 Å². The first-order valence-electron chi connectivity index (χ1n) is 9.72. The molecule has 0 saturated carbocycles. The molecule has 0 bridgehead atoms. The van der Waals surface area contributed by atoms with Gasteiger partial charge in [-0.3, -0.25) is 14.9 Å². The number of anilines is 3. The van der Waals surface area contributed by atoms with Crippen LogP contribution in [-0.4, -0.2) is 31.3 Å². The second-order valence-electron chi connectivity index (χ2n) is 6.96. The summed E-state index contributed by atoms with van der Waals surface area (Å²) in [6.45, 7) is 3.81. The maximum atomic E-state index is 12.6. The van der Waals surface area contributed by atoms with Gasteiger partial charge in [-0.15, -0.1) is 21.5 Å². The minimum absolute atomic E-state index is 0.00981. The zero-order valence-corrected chi connectivity index (χ0v) is 20.0. The number of hydrogen-bond acceptors (Lipinski definition) is 10. The van der Waals surface area contributed by atoms with Crippen LogP contribution in [0.25, 0.3) is 11.3 Å². The van der Waals surface area contributed by atoms with Gasteiger partial charge in [0.25, 0.3) is 5.69 Å². The van der Waals surface area contributed by atoms with Gasteiger partial charge < -0.3 is 10.6 Å². The average Bonchev–Trinajstić information content (AvgIpc) is 3.45. The first kappa shape index (κ1) is 22.8. The number of thioether (sulfide) groups is 1. The van der Waals surface area contributed by atoms with E-state index in [2.05, 4.69) is 25.8 Å². The van der Waals surface area contributed by atoms with Gasteiger partial charge in [0.1, 0.15) is 0 Å². The fraction of sp³-hybridized carbons (Fsp3) is 0.143. The fourth-order valence-corrected chi connectivity index (χ4v) is 5.36. The molecule has 0 fully saturated rings. The Bertz CT molecular complexity index is 1290. The lowest BCUT2D eigenvalue weighted by molar-refractivity contribution is -0.384. The number of hydrogen-bond donors (Lipinski definition) is 2. The van der Waals surface area contributed by atoms with Crippen molar-refractivity contribution in [2.75, 3.05) is 10.6 Å². The molecule has 0 spiro atoms. The number of nitro benzene ring substituents is 1. The molecule has 168 valence electrons. The SMILES string of the molecule is Cc1ccc(Nc2nnc(S[C@@H](C)C(=O)Nc3nc(-c4cccc([N+](=O)[O-])c4)cs3)s2)cc1. The lowest BCUT2D eigenvalue weighted by atomic mass is 10.1. The normalized spacial score (nSPS) is 11.7. The Kier molecular flexibility index (Phi) is 6.96. The highest BCUT2D eigenvalue weighted by atomic mass is 32.2. The zero-order valence-electron chi connectivity index (χ0n) is 17.5. The number of non-ortho nitro benzene ring substituents is 1. The van der Waals surface area contributed by atoms with Crippen molar-refractivity contribution in [3.05, 3.63) is 69.6 Å². The average molecular weight is 499 g/mol. The highest BCUT2D eigenvalue weighted by Gasteiger charge is 2.19. The molecule has 0 unspecified atom stereocenters. The Balaban J connectivity index is 1.35.